The first-order valence-corrected chi connectivity index (χ1v) is 6.89. The van der Waals surface area contributed by atoms with Crippen LogP contribution in [0.4, 0.5) is 0 Å². The third kappa shape index (κ3) is 3.70. The molecule has 0 unspecified atom stereocenters. The topological polar surface area (TPSA) is 46.3 Å². The van der Waals surface area contributed by atoms with Crippen LogP contribution in [0.25, 0.3) is 0 Å². The minimum atomic E-state index is -0.419. The largest absolute Gasteiger partial charge is 0.339 e. The van der Waals surface area contributed by atoms with Crippen LogP contribution in [0.1, 0.15) is 53.4 Å². The van der Waals surface area contributed by atoms with Gasteiger partial charge in [0.2, 0.25) is 5.91 Å². The van der Waals surface area contributed by atoms with Gasteiger partial charge in [0.15, 0.2) is 0 Å². The van der Waals surface area contributed by atoms with Crippen LogP contribution in [0.5, 0.6) is 0 Å². The molecule has 0 atom stereocenters. The van der Waals surface area contributed by atoms with E-state index in [4.69, 9.17) is 5.73 Å². The Morgan fingerprint density at radius 3 is 2.29 bits per heavy atom. The molecule has 1 fully saturated rings. The van der Waals surface area contributed by atoms with E-state index in [-0.39, 0.29) is 5.91 Å². The zero-order valence-corrected chi connectivity index (χ0v) is 11.8. The summed E-state index contributed by atoms with van der Waals surface area (Å²) in [7, 11) is 0. The summed E-state index contributed by atoms with van der Waals surface area (Å²) in [6, 6.07) is 0.454. The molecule has 100 valence electrons. The van der Waals surface area contributed by atoms with Gasteiger partial charge in [-0.1, -0.05) is 26.7 Å². The molecule has 1 saturated carbocycles. The normalized spacial score (nSPS) is 17.8. The first-order valence-electron chi connectivity index (χ1n) is 6.89. The molecule has 0 bridgehead atoms. The maximum Gasteiger partial charge on any atom is 0.229 e. The molecule has 1 aliphatic carbocycles. The molecule has 1 aliphatic rings. The summed E-state index contributed by atoms with van der Waals surface area (Å²) in [6.45, 7) is 9.55. The zero-order valence-electron chi connectivity index (χ0n) is 11.8. The first kappa shape index (κ1) is 14.5. The van der Waals surface area contributed by atoms with Gasteiger partial charge >= 0.3 is 0 Å². The molecule has 0 radical (unpaired) electrons. The third-order valence-electron chi connectivity index (χ3n) is 3.68. The first-order chi connectivity index (χ1) is 7.88. The molecule has 0 aliphatic heterocycles. The van der Waals surface area contributed by atoms with Gasteiger partial charge in [0.25, 0.3) is 0 Å². The zero-order chi connectivity index (χ0) is 13.1. The minimum Gasteiger partial charge on any atom is -0.339 e. The Bertz CT molecular complexity index is 255. The summed E-state index contributed by atoms with van der Waals surface area (Å²) >= 11 is 0. The fourth-order valence-corrected chi connectivity index (χ4v) is 2.48. The second kappa shape index (κ2) is 5.85. The number of nitrogens with two attached hydrogens (primary N) is 1. The molecule has 0 spiro atoms. The average molecular weight is 240 g/mol. The van der Waals surface area contributed by atoms with Crippen LogP contribution in [0, 0.1) is 11.3 Å². The van der Waals surface area contributed by atoms with Gasteiger partial charge in [-0.3, -0.25) is 4.79 Å². The van der Waals surface area contributed by atoms with E-state index in [1.165, 1.54) is 25.7 Å². The SMILES string of the molecule is CC(C)CN(C(=O)C(C)(C)CN)C1CCCC1. The lowest BCUT2D eigenvalue weighted by atomic mass is 9.90. The average Bonchev–Trinajstić information content (AvgIpc) is 2.77. The van der Waals surface area contributed by atoms with Crippen molar-refractivity contribution in [1.29, 1.82) is 0 Å². The number of hydrogen-bond acceptors (Lipinski definition) is 2. The van der Waals surface area contributed by atoms with Crippen molar-refractivity contribution >= 4 is 5.91 Å². The minimum absolute atomic E-state index is 0.237. The van der Waals surface area contributed by atoms with Gasteiger partial charge in [0.1, 0.15) is 0 Å². The van der Waals surface area contributed by atoms with E-state index < -0.39 is 5.41 Å². The van der Waals surface area contributed by atoms with E-state index in [2.05, 4.69) is 18.7 Å². The van der Waals surface area contributed by atoms with Gasteiger partial charge < -0.3 is 10.6 Å². The number of hydrogen-bond donors (Lipinski definition) is 1. The van der Waals surface area contributed by atoms with Crippen LogP contribution in [0.15, 0.2) is 0 Å². The molecule has 3 nitrogen and oxygen atoms in total. The number of carbonyl (C=O) groups is 1. The summed E-state index contributed by atoms with van der Waals surface area (Å²) in [5, 5.41) is 0. The highest BCUT2D eigenvalue weighted by Crippen LogP contribution is 2.28. The predicted octanol–water partition coefficient (Wildman–Crippen LogP) is 2.40. The Morgan fingerprint density at radius 2 is 1.88 bits per heavy atom. The van der Waals surface area contributed by atoms with Crippen molar-refractivity contribution in [3.8, 4) is 0 Å². The van der Waals surface area contributed by atoms with E-state index in [0.717, 1.165) is 6.54 Å². The van der Waals surface area contributed by atoms with E-state index in [9.17, 15) is 4.79 Å². The number of amides is 1. The van der Waals surface area contributed by atoms with Crippen LogP contribution in [-0.2, 0) is 4.79 Å². The maximum atomic E-state index is 12.6. The quantitative estimate of drug-likeness (QED) is 0.802. The van der Waals surface area contributed by atoms with Gasteiger partial charge in [-0.05, 0) is 32.6 Å². The lowest BCUT2D eigenvalue weighted by Gasteiger charge is -2.36. The fraction of sp³-hybridized carbons (Fsp3) is 0.929. The Balaban J connectivity index is 2.78. The van der Waals surface area contributed by atoms with Crippen molar-refractivity contribution < 1.29 is 4.79 Å². The summed E-state index contributed by atoms with van der Waals surface area (Å²) in [5.74, 6) is 0.758. The van der Waals surface area contributed by atoms with Crippen LogP contribution in [0.3, 0.4) is 0 Å². The van der Waals surface area contributed by atoms with Crippen LogP contribution in [-0.4, -0.2) is 29.9 Å². The van der Waals surface area contributed by atoms with E-state index in [1.807, 2.05) is 13.8 Å². The van der Waals surface area contributed by atoms with E-state index in [0.29, 0.717) is 18.5 Å². The van der Waals surface area contributed by atoms with E-state index in [1.54, 1.807) is 0 Å². The van der Waals surface area contributed by atoms with Crippen molar-refractivity contribution in [3.63, 3.8) is 0 Å². The Labute approximate surface area is 106 Å². The van der Waals surface area contributed by atoms with Crippen molar-refractivity contribution in [3.05, 3.63) is 0 Å². The molecule has 0 saturated heterocycles. The molecular formula is C14H28N2O. The monoisotopic (exact) mass is 240 g/mol. The highest BCUT2D eigenvalue weighted by atomic mass is 16.2. The molecule has 1 amide bonds. The maximum absolute atomic E-state index is 12.6. The molecule has 0 aromatic carbocycles. The second-order valence-electron chi connectivity index (χ2n) is 6.38. The standard InChI is InChI=1S/C14H28N2O/c1-11(2)9-16(12-7-5-6-8-12)13(17)14(3,4)10-15/h11-12H,5-10,15H2,1-4H3. The lowest BCUT2D eigenvalue weighted by Crippen LogP contribution is -2.49. The Morgan fingerprint density at radius 1 is 1.35 bits per heavy atom. The summed E-state index contributed by atoms with van der Waals surface area (Å²) < 4.78 is 0. The van der Waals surface area contributed by atoms with Crippen LogP contribution < -0.4 is 5.73 Å². The molecule has 17 heavy (non-hydrogen) atoms. The number of carbonyl (C=O) groups excluding carboxylic acids is 1. The number of nitrogens with zero attached hydrogens (tertiary/aromatic N) is 1. The van der Waals surface area contributed by atoms with Gasteiger partial charge in [-0.2, -0.15) is 0 Å². The second-order valence-corrected chi connectivity index (χ2v) is 6.38. The van der Waals surface area contributed by atoms with Crippen molar-refractivity contribution in [1.82, 2.24) is 4.90 Å². The van der Waals surface area contributed by atoms with Crippen molar-refractivity contribution in [2.24, 2.45) is 17.1 Å². The molecule has 2 N–H and O–H groups in total. The van der Waals surface area contributed by atoms with Crippen LogP contribution in [0.2, 0.25) is 0 Å². The van der Waals surface area contributed by atoms with Gasteiger partial charge in [-0.15, -0.1) is 0 Å². The fourth-order valence-electron chi connectivity index (χ4n) is 2.48. The highest BCUT2D eigenvalue weighted by molar-refractivity contribution is 5.82. The smallest absolute Gasteiger partial charge is 0.229 e. The lowest BCUT2D eigenvalue weighted by molar-refractivity contribution is -0.142. The summed E-state index contributed by atoms with van der Waals surface area (Å²) in [5.41, 5.74) is 5.31. The molecular weight excluding hydrogens is 212 g/mol. The van der Waals surface area contributed by atoms with E-state index >= 15 is 0 Å². The van der Waals surface area contributed by atoms with Crippen molar-refractivity contribution in [2.75, 3.05) is 13.1 Å². The third-order valence-corrected chi connectivity index (χ3v) is 3.68. The molecule has 1 rings (SSSR count). The number of rotatable bonds is 5. The Kier molecular flexibility index (Phi) is 4.99. The highest BCUT2D eigenvalue weighted by Gasteiger charge is 2.35. The van der Waals surface area contributed by atoms with Gasteiger partial charge in [-0.25, -0.2) is 0 Å². The summed E-state index contributed by atoms with van der Waals surface area (Å²) in [6.07, 6.45) is 4.85. The van der Waals surface area contributed by atoms with Crippen LogP contribution >= 0.6 is 0 Å². The Hall–Kier alpha value is -0.570. The molecule has 3 heteroatoms. The predicted molar refractivity (Wildman–Crippen MR) is 71.6 cm³/mol. The summed E-state index contributed by atoms with van der Waals surface area (Å²) in [4.78, 5) is 14.7. The van der Waals surface area contributed by atoms with Gasteiger partial charge in [0.05, 0.1) is 5.41 Å². The van der Waals surface area contributed by atoms with Crippen molar-refractivity contribution in [2.45, 2.75) is 59.4 Å². The molecule has 0 heterocycles. The molecule has 0 aromatic heterocycles. The van der Waals surface area contributed by atoms with Gasteiger partial charge in [0, 0.05) is 19.1 Å². The molecule has 0 aromatic rings.